The summed E-state index contributed by atoms with van der Waals surface area (Å²) in [6.07, 6.45) is 0. The number of benzene rings is 1. The van der Waals surface area contributed by atoms with E-state index in [-0.39, 0.29) is 5.91 Å². The zero-order valence-corrected chi connectivity index (χ0v) is 10.3. The van der Waals surface area contributed by atoms with E-state index in [1.54, 1.807) is 6.92 Å². The summed E-state index contributed by atoms with van der Waals surface area (Å²) >= 11 is 1.41. The third-order valence-electron chi connectivity index (χ3n) is 2.18. The number of nitrogens with one attached hydrogen (secondary N) is 1. The Labute approximate surface area is 104 Å². The number of hydrogen-bond acceptors (Lipinski definition) is 3. The van der Waals surface area contributed by atoms with E-state index in [0.29, 0.717) is 10.7 Å². The standard InChI is InChI=1S/C13H12N2OS/c1-9(2)12(16)15-13-14-11(8-17-13)10-6-4-3-5-7-10/h3-8H,1H2,2H3,(H,14,15,16). The molecule has 1 aromatic heterocycles. The summed E-state index contributed by atoms with van der Waals surface area (Å²) in [5.74, 6) is -0.195. The van der Waals surface area contributed by atoms with Gasteiger partial charge < -0.3 is 0 Å². The molecule has 1 N–H and O–H groups in total. The molecular formula is C13H12N2OS. The zero-order valence-electron chi connectivity index (χ0n) is 9.43. The van der Waals surface area contributed by atoms with E-state index in [1.165, 1.54) is 11.3 Å². The molecule has 0 fully saturated rings. The number of anilines is 1. The third-order valence-corrected chi connectivity index (χ3v) is 2.94. The predicted molar refractivity (Wildman–Crippen MR) is 71.0 cm³/mol. The minimum absolute atomic E-state index is 0.195. The molecule has 0 aliphatic heterocycles. The molecule has 1 amide bonds. The highest BCUT2D eigenvalue weighted by molar-refractivity contribution is 7.14. The molecule has 0 unspecified atom stereocenters. The minimum atomic E-state index is -0.195. The SMILES string of the molecule is C=C(C)C(=O)Nc1nc(-c2ccccc2)cs1. The van der Waals surface area contributed by atoms with Crippen molar-refractivity contribution in [3.8, 4) is 11.3 Å². The lowest BCUT2D eigenvalue weighted by molar-refractivity contribution is -0.112. The van der Waals surface area contributed by atoms with Crippen LogP contribution in [0.1, 0.15) is 6.92 Å². The fourth-order valence-corrected chi connectivity index (χ4v) is 1.99. The number of carbonyl (C=O) groups is 1. The summed E-state index contributed by atoms with van der Waals surface area (Å²) < 4.78 is 0. The smallest absolute Gasteiger partial charge is 0.252 e. The van der Waals surface area contributed by atoms with E-state index in [2.05, 4.69) is 16.9 Å². The Morgan fingerprint density at radius 3 is 2.71 bits per heavy atom. The van der Waals surface area contributed by atoms with Crippen molar-refractivity contribution in [3.05, 3.63) is 47.9 Å². The monoisotopic (exact) mass is 244 g/mol. The highest BCUT2D eigenvalue weighted by Crippen LogP contribution is 2.24. The van der Waals surface area contributed by atoms with Gasteiger partial charge in [-0.25, -0.2) is 4.98 Å². The number of hydrogen-bond donors (Lipinski definition) is 1. The second-order valence-corrected chi connectivity index (χ2v) is 4.50. The van der Waals surface area contributed by atoms with Crippen molar-refractivity contribution >= 4 is 22.4 Å². The van der Waals surface area contributed by atoms with Crippen molar-refractivity contribution in [2.24, 2.45) is 0 Å². The Balaban J connectivity index is 2.17. The van der Waals surface area contributed by atoms with Gasteiger partial charge in [-0.3, -0.25) is 10.1 Å². The fraction of sp³-hybridized carbons (Fsp3) is 0.0769. The Bertz CT molecular complexity index is 546. The second kappa shape index (κ2) is 4.93. The number of aromatic nitrogens is 1. The minimum Gasteiger partial charge on any atom is -0.298 e. The van der Waals surface area contributed by atoms with E-state index in [1.807, 2.05) is 35.7 Å². The largest absolute Gasteiger partial charge is 0.298 e. The normalized spacial score (nSPS) is 9.94. The highest BCUT2D eigenvalue weighted by Gasteiger charge is 2.07. The molecule has 0 aliphatic carbocycles. The average molecular weight is 244 g/mol. The molecule has 1 heterocycles. The number of amides is 1. The van der Waals surface area contributed by atoms with Crippen LogP contribution in [0.25, 0.3) is 11.3 Å². The maximum Gasteiger partial charge on any atom is 0.252 e. The van der Waals surface area contributed by atoms with Crippen LogP contribution in [0.15, 0.2) is 47.9 Å². The molecule has 0 atom stereocenters. The maximum absolute atomic E-state index is 11.4. The summed E-state index contributed by atoms with van der Waals surface area (Å²) in [6, 6.07) is 9.85. The molecule has 0 radical (unpaired) electrons. The van der Waals surface area contributed by atoms with E-state index in [9.17, 15) is 4.79 Å². The van der Waals surface area contributed by atoms with Gasteiger partial charge in [-0.2, -0.15) is 0 Å². The van der Waals surface area contributed by atoms with Crippen molar-refractivity contribution in [2.75, 3.05) is 5.32 Å². The lowest BCUT2D eigenvalue weighted by Gasteiger charge is -1.99. The van der Waals surface area contributed by atoms with Crippen LogP contribution >= 0.6 is 11.3 Å². The summed E-state index contributed by atoms with van der Waals surface area (Å²) in [4.78, 5) is 15.8. The first-order chi connectivity index (χ1) is 8.16. The number of carbonyl (C=O) groups excluding carboxylic acids is 1. The first kappa shape index (κ1) is 11.5. The molecule has 2 rings (SSSR count). The van der Waals surface area contributed by atoms with Gasteiger partial charge >= 0.3 is 0 Å². The first-order valence-corrected chi connectivity index (χ1v) is 6.02. The van der Waals surface area contributed by atoms with Crippen molar-refractivity contribution in [1.29, 1.82) is 0 Å². The van der Waals surface area contributed by atoms with Crippen molar-refractivity contribution < 1.29 is 4.79 Å². The van der Waals surface area contributed by atoms with Gasteiger partial charge in [0.25, 0.3) is 5.91 Å². The number of thiazole rings is 1. The summed E-state index contributed by atoms with van der Waals surface area (Å²) in [7, 11) is 0. The van der Waals surface area contributed by atoms with Crippen LogP contribution in [-0.2, 0) is 4.79 Å². The second-order valence-electron chi connectivity index (χ2n) is 3.64. The van der Waals surface area contributed by atoms with E-state index in [0.717, 1.165) is 11.3 Å². The van der Waals surface area contributed by atoms with Gasteiger partial charge in [-0.1, -0.05) is 36.9 Å². The van der Waals surface area contributed by atoms with E-state index >= 15 is 0 Å². The summed E-state index contributed by atoms with van der Waals surface area (Å²) in [6.45, 7) is 5.25. The van der Waals surface area contributed by atoms with Gasteiger partial charge in [-0.15, -0.1) is 11.3 Å². The van der Waals surface area contributed by atoms with Crippen LogP contribution in [0.2, 0.25) is 0 Å². The van der Waals surface area contributed by atoms with Crippen LogP contribution in [0.5, 0.6) is 0 Å². The number of nitrogens with zero attached hydrogens (tertiary/aromatic N) is 1. The molecule has 4 heteroatoms. The van der Waals surface area contributed by atoms with Gasteiger partial charge in [0.15, 0.2) is 5.13 Å². The summed E-state index contributed by atoms with van der Waals surface area (Å²) in [5, 5.41) is 5.21. The average Bonchev–Trinajstić information content (AvgIpc) is 2.78. The Morgan fingerprint density at radius 2 is 2.06 bits per heavy atom. The first-order valence-electron chi connectivity index (χ1n) is 5.14. The van der Waals surface area contributed by atoms with E-state index < -0.39 is 0 Å². The van der Waals surface area contributed by atoms with Crippen LogP contribution < -0.4 is 5.32 Å². The molecule has 0 spiro atoms. The van der Waals surface area contributed by atoms with E-state index in [4.69, 9.17) is 0 Å². The van der Waals surface area contributed by atoms with Gasteiger partial charge in [0.2, 0.25) is 0 Å². The molecular weight excluding hydrogens is 232 g/mol. The molecule has 2 aromatic rings. The van der Waals surface area contributed by atoms with Crippen molar-refractivity contribution in [2.45, 2.75) is 6.92 Å². The van der Waals surface area contributed by atoms with Gasteiger partial charge in [0.05, 0.1) is 5.69 Å². The van der Waals surface area contributed by atoms with Gasteiger partial charge in [0.1, 0.15) is 0 Å². The highest BCUT2D eigenvalue weighted by atomic mass is 32.1. The third kappa shape index (κ3) is 2.79. The molecule has 17 heavy (non-hydrogen) atoms. The van der Waals surface area contributed by atoms with Crippen molar-refractivity contribution in [3.63, 3.8) is 0 Å². The predicted octanol–water partition coefficient (Wildman–Crippen LogP) is 3.32. The molecule has 0 bridgehead atoms. The number of rotatable bonds is 3. The quantitative estimate of drug-likeness (QED) is 0.841. The van der Waals surface area contributed by atoms with Crippen LogP contribution in [-0.4, -0.2) is 10.9 Å². The zero-order chi connectivity index (χ0) is 12.3. The lowest BCUT2D eigenvalue weighted by Crippen LogP contribution is -2.11. The van der Waals surface area contributed by atoms with Crippen LogP contribution in [0.3, 0.4) is 0 Å². The molecule has 86 valence electrons. The summed E-state index contributed by atoms with van der Waals surface area (Å²) in [5.41, 5.74) is 2.38. The Morgan fingerprint density at radius 1 is 1.35 bits per heavy atom. The van der Waals surface area contributed by atoms with Crippen LogP contribution in [0.4, 0.5) is 5.13 Å². The lowest BCUT2D eigenvalue weighted by atomic mass is 10.2. The molecule has 0 saturated heterocycles. The van der Waals surface area contributed by atoms with Gasteiger partial charge in [-0.05, 0) is 6.92 Å². The maximum atomic E-state index is 11.4. The fourth-order valence-electron chi connectivity index (χ4n) is 1.28. The Kier molecular flexibility index (Phi) is 3.35. The molecule has 0 saturated carbocycles. The van der Waals surface area contributed by atoms with Gasteiger partial charge in [0, 0.05) is 16.5 Å². The molecule has 1 aromatic carbocycles. The van der Waals surface area contributed by atoms with Crippen LogP contribution in [0, 0.1) is 0 Å². The van der Waals surface area contributed by atoms with Crippen molar-refractivity contribution in [1.82, 2.24) is 4.98 Å². The molecule has 0 aliphatic rings. The Hall–Kier alpha value is -1.94. The molecule has 3 nitrogen and oxygen atoms in total. The topological polar surface area (TPSA) is 42.0 Å².